The molecule has 2 heterocycles. The SMILES string of the molecule is c1ccc(-c2cccc(-c3nc(-c4ccc5ccccc5c4)c4sc5cc(-c6ccccc6)ccc5c4n3)c2)cc1. The van der Waals surface area contributed by atoms with Crippen molar-refractivity contribution in [3.05, 3.63) is 146 Å². The normalized spacial score (nSPS) is 11.4. The van der Waals surface area contributed by atoms with Gasteiger partial charge in [0.15, 0.2) is 5.82 Å². The first kappa shape index (κ1) is 23.7. The third kappa shape index (κ3) is 4.28. The minimum Gasteiger partial charge on any atom is -0.226 e. The second-order valence-corrected chi connectivity index (χ2v) is 11.3. The predicted molar refractivity (Wildman–Crippen MR) is 174 cm³/mol. The summed E-state index contributed by atoms with van der Waals surface area (Å²) in [5.74, 6) is 0.741. The molecule has 41 heavy (non-hydrogen) atoms. The van der Waals surface area contributed by atoms with Gasteiger partial charge in [0, 0.05) is 21.2 Å². The van der Waals surface area contributed by atoms with Crippen LogP contribution in [0.2, 0.25) is 0 Å². The van der Waals surface area contributed by atoms with Gasteiger partial charge >= 0.3 is 0 Å². The van der Waals surface area contributed by atoms with Crippen molar-refractivity contribution in [1.29, 1.82) is 0 Å². The van der Waals surface area contributed by atoms with Gasteiger partial charge in [0.2, 0.25) is 0 Å². The lowest BCUT2D eigenvalue weighted by molar-refractivity contribution is 1.24. The zero-order valence-corrected chi connectivity index (χ0v) is 23.0. The van der Waals surface area contributed by atoms with Crippen LogP contribution in [-0.2, 0) is 0 Å². The summed E-state index contributed by atoms with van der Waals surface area (Å²) in [5.41, 5.74) is 8.85. The Hall–Kier alpha value is -5.12. The van der Waals surface area contributed by atoms with Crippen LogP contribution in [0.15, 0.2) is 146 Å². The topological polar surface area (TPSA) is 25.8 Å². The summed E-state index contributed by atoms with van der Waals surface area (Å²) < 4.78 is 2.33. The van der Waals surface area contributed by atoms with Gasteiger partial charge in [0.05, 0.1) is 15.9 Å². The van der Waals surface area contributed by atoms with Crippen molar-refractivity contribution in [3.8, 4) is 44.9 Å². The van der Waals surface area contributed by atoms with Gasteiger partial charge in [-0.25, -0.2) is 9.97 Å². The Morgan fingerprint density at radius 1 is 0.415 bits per heavy atom. The number of aromatic nitrogens is 2. The summed E-state index contributed by atoms with van der Waals surface area (Å²) in [5, 5.41) is 3.59. The number of fused-ring (bicyclic) bond motifs is 4. The zero-order chi connectivity index (χ0) is 27.2. The average molecular weight is 541 g/mol. The van der Waals surface area contributed by atoms with Crippen LogP contribution < -0.4 is 0 Å². The highest BCUT2D eigenvalue weighted by Gasteiger charge is 2.18. The van der Waals surface area contributed by atoms with Crippen molar-refractivity contribution >= 4 is 42.4 Å². The molecule has 0 aliphatic carbocycles. The molecular weight excluding hydrogens is 516 g/mol. The van der Waals surface area contributed by atoms with E-state index >= 15 is 0 Å². The fraction of sp³-hybridized carbons (Fsp3) is 0. The highest BCUT2D eigenvalue weighted by atomic mass is 32.1. The summed E-state index contributed by atoms with van der Waals surface area (Å²) in [6.07, 6.45) is 0. The Labute approximate surface area is 242 Å². The van der Waals surface area contributed by atoms with Gasteiger partial charge in [-0.2, -0.15) is 0 Å². The molecule has 0 fully saturated rings. The molecule has 0 unspecified atom stereocenters. The maximum Gasteiger partial charge on any atom is 0.160 e. The Kier molecular flexibility index (Phi) is 5.68. The van der Waals surface area contributed by atoms with Crippen molar-refractivity contribution in [1.82, 2.24) is 9.97 Å². The van der Waals surface area contributed by atoms with E-state index in [9.17, 15) is 0 Å². The molecule has 0 radical (unpaired) electrons. The van der Waals surface area contributed by atoms with Crippen LogP contribution in [0.4, 0.5) is 0 Å². The molecule has 8 rings (SSSR count). The molecule has 2 nitrogen and oxygen atoms in total. The fourth-order valence-electron chi connectivity index (χ4n) is 5.58. The highest BCUT2D eigenvalue weighted by Crippen LogP contribution is 2.41. The Balaban J connectivity index is 1.37. The number of nitrogens with zero attached hydrogens (tertiary/aromatic N) is 2. The van der Waals surface area contributed by atoms with Crippen molar-refractivity contribution < 1.29 is 0 Å². The van der Waals surface area contributed by atoms with Gasteiger partial charge in [0.25, 0.3) is 0 Å². The number of hydrogen-bond donors (Lipinski definition) is 0. The largest absolute Gasteiger partial charge is 0.226 e. The van der Waals surface area contributed by atoms with Crippen LogP contribution in [0.5, 0.6) is 0 Å². The van der Waals surface area contributed by atoms with Gasteiger partial charge < -0.3 is 0 Å². The van der Waals surface area contributed by atoms with Crippen LogP contribution >= 0.6 is 11.3 Å². The van der Waals surface area contributed by atoms with E-state index in [-0.39, 0.29) is 0 Å². The lowest BCUT2D eigenvalue weighted by Crippen LogP contribution is -1.94. The molecule has 0 saturated heterocycles. The van der Waals surface area contributed by atoms with Crippen molar-refractivity contribution in [3.63, 3.8) is 0 Å². The molecule has 8 aromatic rings. The van der Waals surface area contributed by atoms with Crippen molar-refractivity contribution in [2.45, 2.75) is 0 Å². The van der Waals surface area contributed by atoms with Gasteiger partial charge in [-0.3, -0.25) is 0 Å². The number of thiophene rings is 1. The molecule has 6 aromatic carbocycles. The van der Waals surface area contributed by atoms with E-state index in [4.69, 9.17) is 9.97 Å². The minimum absolute atomic E-state index is 0.741. The molecule has 0 spiro atoms. The minimum atomic E-state index is 0.741. The lowest BCUT2D eigenvalue weighted by Gasteiger charge is -2.09. The lowest BCUT2D eigenvalue weighted by atomic mass is 10.0. The van der Waals surface area contributed by atoms with E-state index in [0.29, 0.717) is 0 Å². The quantitative estimate of drug-likeness (QED) is 0.222. The third-order valence-electron chi connectivity index (χ3n) is 7.67. The van der Waals surface area contributed by atoms with Crippen LogP contribution in [0, 0.1) is 0 Å². The number of hydrogen-bond acceptors (Lipinski definition) is 3. The summed E-state index contributed by atoms with van der Waals surface area (Å²) in [7, 11) is 0. The van der Waals surface area contributed by atoms with Crippen LogP contribution in [0.3, 0.4) is 0 Å². The summed E-state index contributed by atoms with van der Waals surface area (Å²) in [6, 6.07) is 51.4. The van der Waals surface area contributed by atoms with E-state index in [0.717, 1.165) is 43.8 Å². The Morgan fingerprint density at radius 3 is 1.83 bits per heavy atom. The monoisotopic (exact) mass is 540 g/mol. The molecule has 3 heteroatoms. The third-order valence-corrected chi connectivity index (χ3v) is 8.82. The van der Waals surface area contributed by atoms with E-state index in [2.05, 4.69) is 140 Å². The standard InChI is InChI=1S/C38H24N2S/c1-3-10-25(11-4-1)29-16-9-17-32(23-29)38-39-35(31-19-18-27-14-7-8-15-28(27)22-31)37-36(40-38)33-21-20-30(24-34(33)41-37)26-12-5-2-6-13-26/h1-24H. The predicted octanol–water partition coefficient (Wildman–Crippen LogP) is 10.7. The first-order valence-corrected chi connectivity index (χ1v) is 14.6. The summed E-state index contributed by atoms with van der Waals surface area (Å²) in [6.45, 7) is 0. The fourth-order valence-corrected chi connectivity index (χ4v) is 6.77. The zero-order valence-electron chi connectivity index (χ0n) is 22.2. The molecule has 0 N–H and O–H groups in total. The molecule has 0 amide bonds. The van der Waals surface area contributed by atoms with E-state index in [1.54, 1.807) is 11.3 Å². The van der Waals surface area contributed by atoms with Crippen molar-refractivity contribution in [2.24, 2.45) is 0 Å². The number of rotatable bonds is 4. The van der Waals surface area contributed by atoms with E-state index in [1.165, 1.54) is 32.2 Å². The van der Waals surface area contributed by atoms with E-state index < -0.39 is 0 Å². The van der Waals surface area contributed by atoms with Gasteiger partial charge in [-0.15, -0.1) is 11.3 Å². The van der Waals surface area contributed by atoms with Crippen molar-refractivity contribution in [2.75, 3.05) is 0 Å². The van der Waals surface area contributed by atoms with Gasteiger partial charge in [-0.05, 0) is 51.2 Å². The van der Waals surface area contributed by atoms with Gasteiger partial charge in [-0.1, -0.05) is 127 Å². The van der Waals surface area contributed by atoms with Gasteiger partial charge in [0.1, 0.15) is 0 Å². The summed E-state index contributed by atoms with van der Waals surface area (Å²) in [4.78, 5) is 10.5. The highest BCUT2D eigenvalue weighted by molar-refractivity contribution is 7.26. The van der Waals surface area contributed by atoms with Crippen LogP contribution in [0.1, 0.15) is 0 Å². The molecule has 0 aliphatic heterocycles. The Bertz CT molecular complexity index is 2200. The molecule has 0 bridgehead atoms. The molecule has 192 valence electrons. The maximum absolute atomic E-state index is 5.26. The molecular formula is C38H24N2S. The second-order valence-electron chi connectivity index (χ2n) is 10.3. The number of benzene rings is 6. The molecule has 2 aromatic heterocycles. The maximum atomic E-state index is 5.26. The summed E-state index contributed by atoms with van der Waals surface area (Å²) >= 11 is 1.78. The van der Waals surface area contributed by atoms with E-state index in [1.807, 2.05) is 6.07 Å². The molecule has 0 atom stereocenters. The molecule has 0 saturated carbocycles. The Morgan fingerprint density at radius 2 is 1.05 bits per heavy atom. The van der Waals surface area contributed by atoms with Crippen LogP contribution in [0.25, 0.3) is 76.0 Å². The first-order chi connectivity index (χ1) is 20.3. The average Bonchev–Trinajstić information content (AvgIpc) is 3.43. The van der Waals surface area contributed by atoms with Crippen LogP contribution in [-0.4, -0.2) is 9.97 Å². The smallest absolute Gasteiger partial charge is 0.160 e. The second kappa shape index (κ2) is 9.81. The first-order valence-electron chi connectivity index (χ1n) is 13.7. The molecule has 0 aliphatic rings.